The Kier molecular flexibility index (Phi) is 3.70. The number of nitrogens with zero attached hydrogens (tertiary/aromatic N) is 2. The van der Waals surface area contributed by atoms with Crippen LogP contribution in [0.25, 0.3) is 0 Å². The molecule has 0 radical (unpaired) electrons. The van der Waals surface area contributed by atoms with Gasteiger partial charge in [-0.05, 0) is 11.1 Å². The molecule has 1 heterocycles. The van der Waals surface area contributed by atoms with Crippen LogP contribution in [0.5, 0.6) is 0 Å². The zero-order valence-corrected chi connectivity index (χ0v) is 16.3. The standard InChI is InChI=1S/C22H21N3O4/c1-23(2)11-12-24-20(26)18-17-13-7-3-5-9-15(13)22(25(28)29,19(18)21(24)27)16-10-6-4-8-14(16)17/h3-10,17-19H,11-12H2,1-2H3/p+1/t17?,18-,19-,22?/m0/s1. The largest absolute Gasteiger partial charge is 0.338 e. The second-order valence-electron chi connectivity index (χ2n) is 8.46. The Balaban J connectivity index is 1.79. The molecule has 148 valence electrons. The van der Waals surface area contributed by atoms with Crippen LogP contribution in [-0.4, -0.2) is 48.8 Å². The zero-order chi connectivity index (χ0) is 20.5. The summed E-state index contributed by atoms with van der Waals surface area (Å²) in [6, 6.07) is 14.5. The molecule has 7 nitrogen and oxygen atoms in total. The highest BCUT2D eigenvalue weighted by Gasteiger charge is 2.74. The molecule has 1 N–H and O–H groups in total. The number of likely N-dealkylation sites (N-methyl/N-ethyl adjacent to an activating group) is 1. The van der Waals surface area contributed by atoms with Crippen LogP contribution in [0.2, 0.25) is 0 Å². The van der Waals surface area contributed by atoms with Crippen molar-refractivity contribution in [3.63, 3.8) is 0 Å². The first-order valence-electron chi connectivity index (χ1n) is 9.88. The number of nitrogens with one attached hydrogen (secondary N) is 1. The lowest BCUT2D eigenvalue weighted by Crippen LogP contribution is -3.06. The monoisotopic (exact) mass is 392 g/mol. The van der Waals surface area contributed by atoms with Crippen molar-refractivity contribution in [2.75, 3.05) is 27.2 Å². The second-order valence-corrected chi connectivity index (χ2v) is 8.46. The molecule has 0 unspecified atom stereocenters. The molecule has 7 heteroatoms. The van der Waals surface area contributed by atoms with Crippen molar-refractivity contribution in [1.82, 2.24) is 4.90 Å². The molecule has 2 aromatic rings. The van der Waals surface area contributed by atoms with Crippen LogP contribution >= 0.6 is 0 Å². The van der Waals surface area contributed by atoms with E-state index in [0.29, 0.717) is 17.7 Å². The molecule has 2 atom stereocenters. The van der Waals surface area contributed by atoms with E-state index < -0.39 is 23.3 Å². The number of hydrogen-bond acceptors (Lipinski definition) is 4. The van der Waals surface area contributed by atoms with Gasteiger partial charge < -0.3 is 4.90 Å². The maximum Gasteiger partial charge on any atom is 0.284 e. The van der Waals surface area contributed by atoms with E-state index in [4.69, 9.17) is 0 Å². The number of carbonyl (C=O) groups is 2. The number of hydrogen-bond donors (Lipinski definition) is 1. The SMILES string of the molecule is C[NH+](C)CCN1C(=O)[C@@H]2[C@@H](C1=O)C1c3ccccc3C2([N+](=O)[O-])c2ccccc21. The number of rotatable bonds is 4. The normalized spacial score (nSPS) is 29.1. The van der Waals surface area contributed by atoms with Crippen LogP contribution in [0.15, 0.2) is 48.5 Å². The molecule has 1 fully saturated rings. The summed E-state index contributed by atoms with van der Waals surface area (Å²) in [7, 11) is 3.90. The molecule has 0 aromatic heterocycles. The first kappa shape index (κ1) is 18.0. The smallest absolute Gasteiger partial charge is 0.284 e. The summed E-state index contributed by atoms with van der Waals surface area (Å²) in [5.41, 5.74) is 0.974. The van der Waals surface area contributed by atoms with Crippen molar-refractivity contribution in [2.24, 2.45) is 11.8 Å². The van der Waals surface area contributed by atoms with Crippen molar-refractivity contribution in [1.29, 1.82) is 0 Å². The van der Waals surface area contributed by atoms with E-state index in [1.54, 1.807) is 24.3 Å². The van der Waals surface area contributed by atoms with Crippen molar-refractivity contribution >= 4 is 11.8 Å². The van der Waals surface area contributed by atoms with E-state index in [1.165, 1.54) is 4.90 Å². The van der Waals surface area contributed by atoms with Gasteiger partial charge in [0.25, 0.3) is 5.54 Å². The molecule has 0 spiro atoms. The number of quaternary nitrogens is 1. The lowest BCUT2D eigenvalue weighted by molar-refractivity contribution is -0.857. The number of nitro groups is 1. The van der Waals surface area contributed by atoms with Crippen LogP contribution in [0.3, 0.4) is 0 Å². The Bertz CT molecular complexity index is 1020. The van der Waals surface area contributed by atoms with Crippen LogP contribution in [0.1, 0.15) is 28.2 Å². The van der Waals surface area contributed by atoms with Crippen molar-refractivity contribution < 1.29 is 19.4 Å². The van der Waals surface area contributed by atoms with Crippen molar-refractivity contribution in [3.8, 4) is 0 Å². The molecule has 2 bridgehead atoms. The molecule has 29 heavy (non-hydrogen) atoms. The predicted molar refractivity (Wildman–Crippen MR) is 104 cm³/mol. The molecule has 1 aliphatic heterocycles. The highest BCUT2D eigenvalue weighted by Crippen LogP contribution is 2.64. The maximum absolute atomic E-state index is 13.5. The highest BCUT2D eigenvalue weighted by molar-refractivity contribution is 6.08. The van der Waals surface area contributed by atoms with Crippen LogP contribution in [-0.2, 0) is 15.1 Å². The van der Waals surface area contributed by atoms with Crippen molar-refractivity contribution in [3.05, 3.63) is 80.9 Å². The fourth-order valence-electron chi connectivity index (χ4n) is 5.66. The maximum atomic E-state index is 13.5. The molecular weight excluding hydrogens is 370 g/mol. The minimum Gasteiger partial charge on any atom is -0.338 e. The van der Waals surface area contributed by atoms with Gasteiger partial charge in [-0.25, -0.2) is 0 Å². The van der Waals surface area contributed by atoms with E-state index in [1.807, 2.05) is 38.4 Å². The number of benzene rings is 2. The van der Waals surface area contributed by atoms with Gasteiger partial charge in [0.15, 0.2) is 0 Å². The Labute approximate surface area is 168 Å². The number of imide groups is 1. The first-order chi connectivity index (χ1) is 13.9. The molecule has 0 saturated carbocycles. The average molecular weight is 392 g/mol. The fourth-order valence-corrected chi connectivity index (χ4v) is 5.66. The molecule has 1 saturated heterocycles. The molecular formula is C22H22N3O4+. The summed E-state index contributed by atoms with van der Waals surface area (Å²) in [5.74, 6) is -2.75. The number of carbonyl (C=O) groups excluding carboxylic acids is 2. The number of amides is 2. The first-order valence-corrected chi connectivity index (χ1v) is 9.88. The van der Waals surface area contributed by atoms with E-state index in [9.17, 15) is 19.7 Å². The summed E-state index contributed by atoms with van der Waals surface area (Å²) in [6.45, 7) is 0.882. The Hall–Kier alpha value is -3.06. The van der Waals surface area contributed by atoms with Crippen LogP contribution < -0.4 is 4.90 Å². The fraction of sp³-hybridized carbons (Fsp3) is 0.364. The summed E-state index contributed by atoms with van der Waals surface area (Å²) in [6.07, 6.45) is 0. The summed E-state index contributed by atoms with van der Waals surface area (Å²) in [5, 5.41) is 12.7. The summed E-state index contributed by atoms with van der Waals surface area (Å²) >= 11 is 0. The average Bonchev–Trinajstić information content (AvgIpc) is 2.97. The van der Waals surface area contributed by atoms with Crippen molar-refractivity contribution in [2.45, 2.75) is 11.5 Å². The lowest BCUT2D eigenvalue weighted by atomic mass is 9.51. The Morgan fingerprint density at radius 2 is 1.55 bits per heavy atom. The van der Waals surface area contributed by atoms with Gasteiger partial charge in [0, 0.05) is 22.0 Å². The molecule has 6 rings (SSSR count). The van der Waals surface area contributed by atoms with E-state index in [-0.39, 0.29) is 23.3 Å². The topological polar surface area (TPSA) is 85.0 Å². The van der Waals surface area contributed by atoms with Crippen LogP contribution in [0.4, 0.5) is 0 Å². The van der Waals surface area contributed by atoms with Gasteiger partial charge in [-0.15, -0.1) is 0 Å². The third-order valence-corrected chi connectivity index (χ3v) is 6.79. The predicted octanol–water partition coefficient (Wildman–Crippen LogP) is 0.412. The van der Waals surface area contributed by atoms with Gasteiger partial charge in [0.1, 0.15) is 5.92 Å². The van der Waals surface area contributed by atoms with Crippen LogP contribution in [0, 0.1) is 22.0 Å². The third kappa shape index (κ3) is 2.05. The van der Waals surface area contributed by atoms with Gasteiger partial charge in [-0.1, -0.05) is 48.5 Å². The lowest BCUT2D eigenvalue weighted by Gasteiger charge is -2.48. The quantitative estimate of drug-likeness (QED) is 0.464. The Morgan fingerprint density at radius 1 is 1.00 bits per heavy atom. The molecule has 3 aliphatic carbocycles. The third-order valence-electron chi connectivity index (χ3n) is 6.79. The molecule has 2 aromatic carbocycles. The van der Waals surface area contributed by atoms with E-state index in [2.05, 4.69) is 0 Å². The second kappa shape index (κ2) is 5.97. The van der Waals surface area contributed by atoms with E-state index in [0.717, 1.165) is 16.0 Å². The number of likely N-dealkylation sites (tertiary alicyclic amines) is 1. The van der Waals surface area contributed by atoms with Gasteiger partial charge in [0.05, 0.1) is 33.1 Å². The summed E-state index contributed by atoms with van der Waals surface area (Å²) < 4.78 is 0. The highest BCUT2D eigenvalue weighted by atomic mass is 16.6. The zero-order valence-electron chi connectivity index (χ0n) is 16.3. The van der Waals surface area contributed by atoms with Gasteiger partial charge >= 0.3 is 0 Å². The van der Waals surface area contributed by atoms with Gasteiger partial charge in [-0.2, -0.15) is 0 Å². The minimum absolute atomic E-state index is 0.276. The molecule has 2 amide bonds. The van der Waals surface area contributed by atoms with E-state index >= 15 is 0 Å². The molecule has 4 aliphatic rings. The Morgan fingerprint density at radius 3 is 2.07 bits per heavy atom. The minimum atomic E-state index is -1.72. The van der Waals surface area contributed by atoms with Gasteiger partial charge in [0.2, 0.25) is 11.8 Å². The summed E-state index contributed by atoms with van der Waals surface area (Å²) in [4.78, 5) is 41.7. The van der Waals surface area contributed by atoms with Gasteiger partial charge in [-0.3, -0.25) is 24.6 Å².